The quantitative estimate of drug-likeness (QED) is 0.746. The van der Waals surface area contributed by atoms with Crippen LogP contribution in [0, 0.1) is 0 Å². The molecule has 0 bridgehead atoms. The first-order valence-corrected chi connectivity index (χ1v) is 6.39. The SMILES string of the molecule is C=c1c(=C)n(C(C)=O)c2cc(C(=O)OC)ccc12.CC. The maximum Gasteiger partial charge on any atom is 0.337 e. The number of hydrogen-bond acceptors (Lipinski definition) is 3. The first kappa shape index (κ1) is 15.7. The molecular formula is C16H19NO3. The summed E-state index contributed by atoms with van der Waals surface area (Å²) in [5.74, 6) is -0.605. The van der Waals surface area contributed by atoms with Gasteiger partial charge < -0.3 is 4.74 Å². The molecule has 0 aliphatic heterocycles. The largest absolute Gasteiger partial charge is 0.465 e. The third-order valence-corrected chi connectivity index (χ3v) is 2.92. The van der Waals surface area contributed by atoms with Crippen molar-refractivity contribution in [3.63, 3.8) is 0 Å². The van der Waals surface area contributed by atoms with Gasteiger partial charge in [0.1, 0.15) is 0 Å². The van der Waals surface area contributed by atoms with E-state index in [1.807, 2.05) is 13.8 Å². The maximum atomic E-state index is 11.6. The maximum absolute atomic E-state index is 11.6. The highest BCUT2D eigenvalue weighted by Gasteiger charge is 2.12. The molecule has 4 heteroatoms. The molecule has 20 heavy (non-hydrogen) atoms. The summed E-state index contributed by atoms with van der Waals surface area (Å²) in [5.41, 5.74) is 1.02. The Kier molecular flexibility index (Phi) is 4.86. The Bertz CT molecular complexity index is 756. The van der Waals surface area contributed by atoms with Crippen LogP contribution in [0.3, 0.4) is 0 Å². The highest BCUT2D eigenvalue weighted by atomic mass is 16.5. The van der Waals surface area contributed by atoms with Gasteiger partial charge in [0, 0.05) is 22.9 Å². The van der Waals surface area contributed by atoms with Crippen LogP contribution in [0.15, 0.2) is 18.2 Å². The number of carbonyl (C=O) groups excluding carboxylic acids is 2. The molecule has 1 aromatic carbocycles. The summed E-state index contributed by atoms with van der Waals surface area (Å²) in [6.07, 6.45) is 0. The van der Waals surface area contributed by atoms with Crippen molar-refractivity contribution in [3.8, 4) is 0 Å². The molecule has 2 aromatic rings. The molecule has 2 rings (SSSR count). The van der Waals surface area contributed by atoms with Crippen molar-refractivity contribution in [1.29, 1.82) is 0 Å². The van der Waals surface area contributed by atoms with Gasteiger partial charge in [-0.1, -0.05) is 33.1 Å². The minimum Gasteiger partial charge on any atom is -0.465 e. The average molecular weight is 273 g/mol. The topological polar surface area (TPSA) is 48.3 Å². The number of benzene rings is 1. The molecule has 0 N–H and O–H groups in total. The van der Waals surface area contributed by atoms with Crippen LogP contribution in [0.2, 0.25) is 0 Å². The van der Waals surface area contributed by atoms with Gasteiger partial charge in [0.25, 0.3) is 0 Å². The number of esters is 1. The summed E-state index contributed by atoms with van der Waals surface area (Å²) >= 11 is 0. The van der Waals surface area contributed by atoms with E-state index in [1.54, 1.807) is 18.2 Å². The predicted octanol–water partition coefficient (Wildman–Crippen LogP) is 1.93. The van der Waals surface area contributed by atoms with E-state index in [2.05, 4.69) is 17.9 Å². The monoisotopic (exact) mass is 273 g/mol. The molecule has 0 saturated carbocycles. The lowest BCUT2D eigenvalue weighted by Crippen LogP contribution is -2.29. The highest BCUT2D eigenvalue weighted by Crippen LogP contribution is 2.13. The lowest BCUT2D eigenvalue weighted by molar-refractivity contribution is 0.0600. The van der Waals surface area contributed by atoms with Crippen LogP contribution in [0.4, 0.5) is 0 Å². The molecule has 0 amide bonds. The normalized spacial score (nSPS) is 9.80. The number of fused-ring (bicyclic) bond motifs is 1. The Morgan fingerprint density at radius 2 is 1.80 bits per heavy atom. The first-order valence-electron chi connectivity index (χ1n) is 6.39. The second-order valence-corrected chi connectivity index (χ2v) is 4.00. The van der Waals surface area contributed by atoms with Crippen LogP contribution in [-0.2, 0) is 4.74 Å². The summed E-state index contributed by atoms with van der Waals surface area (Å²) < 4.78 is 6.11. The van der Waals surface area contributed by atoms with Gasteiger partial charge in [-0.3, -0.25) is 9.36 Å². The summed E-state index contributed by atoms with van der Waals surface area (Å²) in [5, 5.41) is 2.04. The second-order valence-electron chi connectivity index (χ2n) is 4.00. The summed E-state index contributed by atoms with van der Waals surface area (Å²) in [4.78, 5) is 23.1. The Morgan fingerprint density at radius 3 is 2.30 bits per heavy atom. The van der Waals surface area contributed by atoms with Crippen molar-refractivity contribution in [2.24, 2.45) is 0 Å². The average Bonchev–Trinajstić information content (AvgIpc) is 2.71. The second kappa shape index (κ2) is 6.19. The number of carbonyl (C=O) groups is 2. The van der Waals surface area contributed by atoms with E-state index in [9.17, 15) is 9.59 Å². The van der Waals surface area contributed by atoms with Crippen LogP contribution >= 0.6 is 0 Å². The van der Waals surface area contributed by atoms with E-state index in [-0.39, 0.29) is 5.91 Å². The molecule has 106 valence electrons. The standard InChI is InChI=1S/C14H13NO3.C2H6/c1-8-9(2)15(10(3)16)13-7-11(14(17)18-4)5-6-12(8)13;1-2/h5-7H,1-2H2,3-4H3;1-2H3. The fraction of sp³-hybridized carbons (Fsp3) is 0.250. The Labute approximate surface area is 118 Å². The highest BCUT2D eigenvalue weighted by molar-refractivity contribution is 5.98. The van der Waals surface area contributed by atoms with E-state index in [4.69, 9.17) is 0 Å². The van der Waals surface area contributed by atoms with E-state index in [1.165, 1.54) is 18.6 Å². The van der Waals surface area contributed by atoms with Crippen LogP contribution in [0.1, 0.15) is 35.9 Å². The fourth-order valence-corrected chi connectivity index (χ4v) is 2.01. The van der Waals surface area contributed by atoms with Gasteiger partial charge in [0.15, 0.2) is 0 Å². The van der Waals surface area contributed by atoms with Crippen LogP contribution in [0.5, 0.6) is 0 Å². The Morgan fingerprint density at radius 1 is 1.20 bits per heavy atom. The number of rotatable bonds is 1. The van der Waals surface area contributed by atoms with Crippen molar-refractivity contribution < 1.29 is 14.3 Å². The molecule has 0 aliphatic rings. The zero-order chi connectivity index (χ0) is 15.4. The molecule has 4 nitrogen and oxygen atoms in total. The van der Waals surface area contributed by atoms with Crippen molar-refractivity contribution in [2.45, 2.75) is 20.8 Å². The number of ether oxygens (including phenoxy) is 1. The van der Waals surface area contributed by atoms with Gasteiger partial charge in [-0.15, -0.1) is 0 Å². The molecule has 0 spiro atoms. The van der Waals surface area contributed by atoms with Crippen molar-refractivity contribution >= 4 is 35.9 Å². The third kappa shape index (κ3) is 2.50. The fourth-order valence-electron chi connectivity index (χ4n) is 2.01. The van der Waals surface area contributed by atoms with Gasteiger partial charge in [-0.05, 0) is 12.1 Å². The Hall–Kier alpha value is -2.36. The molecule has 0 atom stereocenters. The van der Waals surface area contributed by atoms with E-state index < -0.39 is 5.97 Å². The number of nitrogens with zero attached hydrogens (tertiary/aromatic N) is 1. The van der Waals surface area contributed by atoms with Gasteiger partial charge >= 0.3 is 5.97 Å². The summed E-state index contributed by atoms with van der Waals surface area (Å²) in [6, 6.07) is 5.01. The van der Waals surface area contributed by atoms with E-state index in [0.29, 0.717) is 21.6 Å². The lowest BCUT2D eigenvalue weighted by Gasteiger charge is -2.02. The van der Waals surface area contributed by atoms with Gasteiger partial charge in [0.2, 0.25) is 5.91 Å². The third-order valence-electron chi connectivity index (χ3n) is 2.92. The Balaban J connectivity index is 0.000000956. The van der Waals surface area contributed by atoms with Crippen LogP contribution < -0.4 is 10.6 Å². The smallest absolute Gasteiger partial charge is 0.337 e. The van der Waals surface area contributed by atoms with Gasteiger partial charge in [0.05, 0.1) is 18.2 Å². The molecule has 0 fully saturated rings. The molecule has 0 unspecified atom stereocenters. The van der Waals surface area contributed by atoms with Gasteiger partial charge in [-0.2, -0.15) is 0 Å². The number of aromatic nitrogens is 1. The van der Waals surface area contributed by atoms with Gasteiger partial charge in [-0.25, -0.2) is 4.79 Å². The minimum atomic E-state index is -0.440. The molecule has 1 aromatic heterocycles. The van der Waals surface area contributed by atoms with Crippen LogP contribution in [0.25, 0.3) is 24.1 Å². The summed E-state index contributed by atoms with van der Waals surface area (Å²) in [6.45, 7) is 13.2. The minimum absolute atomic E-state index is 0.165. The molecule has 0 saturated heterocycles. The number of methoxy groups -OCH3 is 1. The van der Waals surface area contributed by atoms with E-state index in [0.717, 1.165) is 5.39 Å². The van der Waals surface area contributed by atoms with Crippen molar-refractivity contribution in [1.82, 2.24) is 4.57 Å². The molecule has 1 heterocycles. The molecule has 0 radical (unpaired) electrons. The van der Waals surface area contributed by atoms with Crippen LogP contribution in [-0.4, -0.2) is 23.6 Å². The van der Waals surface area contributed by atoms with Crippen molar-refractivity contribution in [3.05, 3.63) is 34.3 Å². The zero-order valence-corrected chi connectivity index (χ0v) is 12.3. The van der Waals surface area contributed by atoms with E-state index >= 15 is 0 Å². The zero-order valence-electron chi connectivity index (χ0n) is 12.3. The summed E-state index contributed by atoms with van der Waals surface area (Å²) in [7, 11) is 1.32. The van der Waals surface area contributed by atoms with Crippen molar-refractivity contribution in [2.75, 3.05) is 7.11 Å². The number of hydrogen-bond donors (Lipinski definition) is 0. The molecule has 0 aliphatic carbocycles. The first-order chi connectivity index (χ1) is 9.47. The molecular weight excluding hydrogens is 254 g/mol. The predicted molar refractivity (Wildman–Crippen MR) is 81.2 cm³/mol. The lowest BCUT2D eigenvalue weighted by atomic mass is 10.1.